The summed E-state index contributed by atoms with van der Waals surface area (Å²) in [7, 11) is 3.41. The number of alkyl halides is 3. The van der Waals surface area contributed by atoms with Crippen LogP contribution in [0.15, 0.2) is 22.7 Å². The fraction of sp³-hybridized carbons (Fsp3) is 0.364. The molecule has 8 heteroatoms. The van der Waals surface area contributed by atoms with Crippen molar-refractivity contribution in [1.29, 1.82) is 0 Å². The van der Waals surface area contributed by atoms with Crippen LogP contribution in [0, 0.1) is 0 Å². The van der Waals surface area contributed by atoms with Gasteiger partial charge in [0.05, 0.1) is 12.2 Å². The van der Waals surface area contributed by atoms with Gasteiger partial charge < -0.3 is 15.0 Å². The first-order valence-electron chi connectivity index (χ1n) is 5.17. The van der Waals surface area contributed by atoms with Crippen LogP contribution in [0.2, 0.25) is 0 Å². The average Bonchev–Trinajstić information content (AvgIpc) is 2.19. The van der Waals surface area contributed by atoms with Crippen molar-refractivity contribution in [2.24, 2.45) is 0 Å². The van der Waals surface area contributed by atoms with Gasteiger partial charge in [0, 0.05) is 10.5 Å². The third-order valence-electron chi connectivity index (χ3n) is 1.91. The first kappa shape index (κ1) is 15.8. The SMILES string of the molecule is CN(C)CC(=O)Nc1cc(OC(F)(F)F)ccc1Br. The number of carbonyl (C=O) groups excluding carboxylic acids is 1. The van der Waals surface area contributed by atoms with E-state index in [9.17, 15) is 18.0 Å². The minimum atomic E-state index is -4.77. The van der Waals surface area contributed by atoms with Crippen LogP contribution in [0.5, 0.6) is 5.75 Å². The van der Waals surface area contributed by atoms with E-state index in [-0.39, 0.29) is 18.1 Å². The molecular weight excluding hydrogens is 329 g/mol. The molecule has 0 heterocycles. The Kier molecular flexibility index (Phi) is 5.19. The van der Waals surface area contributed by atoms with Gasteiger partial charge in [-0.15, -0.1) is 13.2 Å². The zero-order chi connectivity index (χ0) is 14.6. The first-order valence-corrected chi connectivity index (χ1v) is 5.96. The van der Waals surface area contributed by atoms with Crippen LogP contribution in [-0.4, -0.2) is 37.8 Å². The van der Waals surface area contributed by atoms with E-state index in [1.807, 2.05) is 0 Å². The molecule has 0 atom stereocenters. The average molecular weight is 341 g/mol. The van der Waals surface area contributed by atoms with E-state index in [1.165, 1.54) is 6.07 Å². The molecule has 0 unspecified atom stereocenters. The predicted octanol–water partition coefficient (Wildman–Crippen LogP) is 2.85. The summed E-state index contributed by atoms with van der Waals surface area (Å²) in [5.41, 5.74) is 0.216. The number of likely N-dealkylation sites (N-methyl/N-ethyl adjacent to an activating group) is 1. The Labute approximate surface area is 116 Å². The van der Waals surface area contributed by atoms with Gasteiger partial charge in [-0.1, -0.05) is 0 Å². The van der Waals surface area contributed by atoms with Crippen LogP contribution < -0.4 is 10.1 Å². The molecule has 0 fully saturated rings. The Balaban J connectivity index is 2.83. The number of halogens is 4. The number of benzene rings is 1. The number of rotatable bonds is 4. The summed E-state index contributed by atoms with van der Waals surface area (Å²) < 4.78 is 40.5. The molecule has 0 radical (unpaired) electrons. The van der Waals surface area contributed by atoms with Crippen molar-refractivity contribution >= 4 is 27.5 Å². The molecule has 1 aromatic rings. The first-order chi connectivity index (χ1) is 8.67. The molecule has 0 spiro atoms. The third-order valence-corrected chi connectivity index (χ3v) is 2.60. The van der Waals surface area contributed by atoms with Gasteiger partial charge in [0.15, 0.2) is 0 Å². The minimum absolute atomic E-state index is 0.122. The fourth-order valence-electron chi connectivity index (χ4n) is 1.27. The maximum atomic E-state index is 12.1. The number of carbonyl (C=O) groups is 1. The zero-order valence-corrected chi connectivity index (χ0v) is 11.8. The van der Waals surface area contributed by atoms with Gasteiger partial charge in [0.1, 0.15) is 5.75 Å². The van der Waals surface area contributed by atoms with Gasteiger partial charge in [0.25, 0.3) is 0 Å². The van der Waals surface area contributed by atoms with Crippen molar-refractivity contribution in [3.63, 3.8) is 0 Å². The Morgan fingerprint density at radius 1 is 1.42 bits per heavy atom. The van der Waals surface area contributed by atoms with E-state index < -0.39 is 12.1 Å². The highest BCUT2D eigenvalue weighted by Gasteiger charge is 2.31. The molecule has 106 valence electrons. The van der Waals surface area contributed by atoms with Crippen LogP contribution in [-0.2, 0) is 4.79 Å². The molecule has 0 aliphatic carbocycles. The normalized spacial score (nSPS) is 11.5. The summed E-state index contributed by atoms with van der Waals surface area (Å²) in [6.07, 6.45) is -4.77. The molecule has 0 saturated heterocycles. The lowest BCUT2D eigenvalue weighted by Crippen LogP contribution is -2.27. The predicted molar refractivity (Wildman–Crippen MR) is 68.0 cm³/mol. The zero-order valence-electron chi connectivity index (χ0n) is 10.2. The summed E-state index contributed by atoms with van der Waals surface area (Å²) in [5, 5.41) is 2.49. The second-order valence-electron chi connectivity index (χ2n) is 3.98. The lowest BCUT2D eigenvalue weighted by Gasteiger charge is -2.13. The van der Waals surface area contributed by atoms with Crippen LogP contribution in [0.25, 0.3) is 0 Å². The van der Waals surface area contributed by atoms with E-state index in [0.29, 0.717) is 4.47 Å². The molecule has 0 bridgehead atoms. The number of anilines is 1. The molecule has 0 aromatic heterocycles. The Hall–Kier alpha value is -1.28. The van der Waals surface area contributed by atoms with Crippen LogP contribution in [0.3, 0.4) is 0 Å². The van der Waals surface area contributed by atoms with Crippen LogP contribution in [0.1, 0.15) is 0 Å². The number of ether oxygens (including phenoxy) is 1. The van der Waals surface area contributed by atoms with Gasteiger partial charge in [-0.2, -0.15) is 0 Å². The topological polar surface area (TPSA) is 41.6 Å². The molecule has 1 amide bonds. The molecule has 1 N–H and O–H groups in total. The van der Waals surface area contributed by atoms with Crippen molar-refractivity contribution in [3.05, 3.63) is 22.7 Å². The lowest BCUT2D eigenvalue weighted by atomic mass is 10.3. The molecular formula is C11H12BrF3N2O2. The van der Waals surface area contributed by atoms with Crippen molar-refractivity contribution in [2.45, 2.75) is 6.36 Å². The van der Waals surface area contributed by atoms with Crippen molar-refractivity contribution in [1.82, 2.24) is 4.90 Å². The highest BCUT2D eigenvalue weighted by Crippen LogP contribution is 2.30. The number of nitrogens with one attached hydrogen (secondary N) is 1. The van der Waals surface area contributed by atoms with Crippen molar-refractivity contribution in [2.75, 3.05) is 26.0 Å². The Bertz CT molecular complexity index is 464. The monoisotopic (exact) mass is 340 g/mol. The maximum Gasteiger partial charge on any atom is 0.573 e. The highest BCUT2D eigenvalue weighted by molar-refractivity contribution is 9.10. The van der Waals surface area contributed by atoms with Crippen molar-refractivity contribution < 1.29 is 22.7 Å². The quantitative estimate of drug-likeness (QED) is 0.916. The second-order valence-corrected chi connectivity index (χ2v) is 4.83. The standard InChI is InChI=1S/C11H12BrF3N2O2/c1-17(2)6-10(18)16-9-5-7(3-4-8(9)12)19-11(13,14)15/h3-5H,6H2,1-2H3,(H,16,18). The van der Waals surface area contributed by atoms with Gasteiger partial charge in [-0.05, 0) is 42.2 Å². The summed E-state index contributed by atoms with van der Waals surface area (Å²) in [6, 6.07) is 3.62. The van der Waals surface area contributed by atoms with Crippen molar-refractivity contribution in [3.8, 4) is 5.75 Å². The van der Waals surface area contributed by atoms with E-state index in [2.05, 4.69) is 26.0 Å². The van der Waals surface area contributed by atoms with Crippen LogP contribution >= 0.6 is 15.9 Å². The summed E-state index contributed by atoms with van der Waals surface area (Å²) in [4.78, 5) is 13.2. The molecule has 1 aromatic carbocycles. The molecule has 19 heavy (non-hydrogen) atoms. The summed E-state index contributed by atoms with van der Waals surface area (Å²) in [6.45, 7) is 0.122. The van der Waals surface area contributed by atoms with Gasteiger partial charge in [-0.25, -0.2) is 0 Å². The van der Waals surface area contributed by atoms with E-state index in [1.54, 1.807) is 19.0 Å². The third kappa shape index (κ3) is 5.93. The fourth-order valence-corrected chi connectivity index (χ4v) is 1.62. The number of nitrogens with zero attached hydrogens (tertiary/aromatic N) is 1. The minimum Gasteiger partial charge on any atom is -0.406 e. The van der Waals surface area contributed by atoms with E-state index in [0.717, 1.165) is 12.1 Å². The molecule has 1 rings (SSSR count). The lowest BCUT2D eigenvalue weighted by molar-refractivity contribution is -0.274. The summed E-state index contributed by atoms with van der Waals surface area (Å²) >= 11 is 3.14. The molecule has 0 saturated carbocycles. The highest BCUT2D eigenvalue weighted by atomic mass is 79.9. The van der Waals surface area contributed by atoms with E-state index in [4.69, 9.17) is 0 Å². The number of amides is 1. The Morgan fingerprint density at radius 3 is 2.58 bits per heavy atom. The molecule has 4 nitrogen and oxygen atoms in total. The second kappa shape index (κ2) is 6.25. The van der Waals surface area contributed by atoms with Gasteiger partial charge in [-0.3, -0.25) is 4.79 Å². The smallest absolute Gasteiger partial charge is 0.406 e. The number of hydrogen-bond acceptors (Lipinski definition) is 3. The Morgan fingerprint density at radius 2 is 2.05 bits per heavy atom. The largest absolute Gasteiger partial charge is 0.573 e. The molecule has 0 aliphatic heterocycles. The van der Waals surface area contributed by atoms with E-state index >= 15 is 0 Å². The van der Waals surface area contributed by atoms with Gasteiger partial charge >= 0.3 is 6.36 Å². The van der Waals surface area contributed by atoms with Gasteiger partial charge in [0.2, 0.25) is 5.91 Å². The summed E-state index contributed by atoms with van der Waals surface area (Å²) in [5.74, 6) is -0.731. The van der Waals surface area contributed by atoms with Crippen LogP contribution in [0.4, 0.5) is 18.9 Å². The molecule has 0 aliphatic rings. The number of hydrogen-bond donors (Lipinski definition) is 1. The maximum absolute atomic E-state index is 12.1.